The van der Waals surface area contributed by atoms with Crippen molar-refractivity contribution in [2.24, 2.45) is 11.8 Å². The molecule has 8 heteroatoms. The van der Waals surface area contributed by atoms with E-state index in [1.54, 1.807) is 60.7 Å². The van der Waals surface area contributed by atoms with Gasteiger partial charge in [-0.2, -0.15) is 0 Å². The molecule has 3 atom stereocenters. The maximum Gasteiger partial charge on any atom is 0.316 e. The predicted molar refractivity (Wildman–Crippen MR) is 115 cm³/mol. The number of para-hydroxylation sites is 1. The number of anilines is 1. The van der Waals surface area contributed by atoms with Gasteiger partial charge in [-0.05, 0) is 17.7 Å². The van der Waals surface area contributed by atoms with E-state index in [0.29, 0.717) is 16.8 Å². The first-order chi connectivity index (χ1) is 15.4. The van der Waals surface area contributed by atoms with E-state index in [0.717, 1.165) is 0 Å². The number of Topliss-reactive ketones (excluding diaryl/α,β-unsaturated/α-hetero) is 1. The smallest absolute Gasteiger partial charge is 0.316 e. The van der Waals surface area contributed by atoms with Crippen LogP contribution >= 0.6 is 0 Å². The van der Waals surface area contributed by atoms with Crippen LogP contribution in [0.15, 0.2) is 84.9 Å². The van der Waals surface area contributed by atoms with Crippen LogP contribution in [0, 0.1) is 22.0 Å². The fraction of sp³-hybridized carbons (Fsp3) is 0.125. The maximum atomic E-state index is 13.5. The van der Waals surface area contributed by atoms with Gasteiger partial charge in [-0.15, -0.1) is 0 Å². The van der Waals surface area contributed by atoms with Gasteiger partial charge in [0, 0.05) is 23.4 Å². The number of carboxylic acid groups (broad SMARTS) is 1. The Labute approximate surface area is 182 Å². The lowest BCUT2D eigenvalue weighted by Gasteiger charge is -2.28. The predicted octanol–water partition coefficient (Wildman–Crippen LogP) is 3.88. The van der Waals surface area contributed by atoms with Gasteiger partial charge in [0.2, 0.25) is 5.91 Å². The van der Waals surface area contributed by atoms with Gasteiger partial charge in [0.05, 0.1) is 16.9 Å². The van der Waals surface area contributed by atoms with Crippen molar-refractivity contribution in [1.29, 1.82) is 0 Å². The molecule has 8 nitrogen and oxygen atoms in total. The summed E-state index contributed by atoms with van der Waals surface area (Å²) in [5.74, 6) is -5.39. The van der Waals surface area contributed by atoms with Crippen molar-refractivity contribution >= 4 is 29.0 Å². The molecule has 0 saturated carbocycles. The molecule has 3 aromatic carbocycles. The number of benzene rings is 3. The van der Waals surface area contributed by atoms with Crippen molar-refractivity contribution in [2.45, 2.75) is 6.04 Å². The number of carbonyl (C=O) groups excluding carboxylic acids is 2. The monoisotopic (exact) mass is 430 g/mol. The van der Waals surface area contributed by atoms with Crippen molar-refractivity contribution in [2.75, 3.05) is 4.90 Å². The molecule has 0 radical (unpaired) electrons. The van der Waals surface area contributed by atoms with Gasteiger partial charge in [-0.3, -0.25) is 24.5 Å². The Hall–Kier alpha value is -4.33. The highest BCUT2D eigenvalue weighted by molar-refractivity contribution is 6.15. The summed E-state index contributed by atoms with van der Waals surface area (Å²) < 4.78 is 0. The molecule has 1 saturated heterocycles. The number of aliphatic carboxylic acids is 1. The van der Waals surface area contributed by atoms with E-state index >= 15 is 0 Å². The van der Waals surface area contributed by atoms with Gasteiger partial charge in [0.15, 0.2) is 5.78 Å². The van der Waals surface area contributed by atoms with Crippen LogP contribution in [0.5, 0.6) is 0 Å². The Kier molecular flexibility index (Phi) is 5.51. The summed E-state index contributed by atoms with van der Waals surface area (Å²) in [5, 5.41) is 21.0. The summed E-state index contributed by atoms with van der Waals surface area (Å²) in [6.07, 6.45) is 0. The lowest BCUT2D eigenvalue weighted by molar-refractivity contribution is -0.384. The van der Waals surface area contributed by atoms with Crippen LogP contribution in [-0.2, 0) is 9.59 Å². The number of carbonyl (C=O) groups is 3. The molecule has 4 rings (SSSR count). The maximum absolute atomic E-state index is 13.5. The number of hydrogen-bond donors (Lipinski definition) is 1. The zero-order valence-electron chi connectivity index (χ0n) is 16.7. The molecular weight excluding hydrogens is 412 g/mol. The molecule has 1 N–H and O–H groups in total. The molecule has 0 spiro atoms. The summed E-state index contributed by atoms with van der Waals surface area (Å²) >= 11 is 0. The fourth-order valence-electron chi connectivity index (χ4n) is 4.16. The quantitative estimate of drug-likeness (QED) is 0.274. The van der Waals surface area contributed by atoms with Gasteiger partial charge in [-0.25, -0.2) is 0 Å². The summed E-state index contributed by atoms with van der Waals surface area (Å²) in [7, 11) is 0. The number of ketones is 1. The SMILES string of the molecule is O=C(O)[C@@H]1C(=O)N(c2ccccc2)[C@H](c2ccc([N+](=O)[O-])cc2)[C@H]1C(=O)c1ccccc1. The van der Waals surface area contributed by atoms with Gasteiger partial charge >= 0.3 is 5.97 Å². The second-order valence-electron chi connectivity index (χ2n) is 7.41. The largest absolute Gasteiger partial charge is 0.481 e. The molecule has 0 aromatic heterocycles. The van der Waals surface area contributed by atoms with Crippen molar-refractivity contribution < 1.29 is 24.4 Å². The molecule has 3 aromatic rings. The second-order valence-corrected chi connectivity index (χ2v) is 7.41. The Morgan fingerprint density at radius 2 is 1.44 bits per heavy atom. The van der Waals surface area contributed by atoms with Gasteiger partial charge < -0.3 is 10.0 Å². The highest BCUT2D eigenvalue weighted by atomic mass is 16.6. The minimum absolute atomic E-state index is 0.148. The van der Waals surface area contributed by atoms with Crippen LogP contribution in [0.1, 0.15) is 22.0 Å². The molecule has 32 heavy (non-hydrogen) atoms. The summed E-state index contributed by atoms with van der Waals surface area (Å²) in [4.78, 5) is 50.8. The Balaban J connectivity index is 1.90. The number of non-ortho nitro benzene ring substituents is 1. The van der Waals surface area contributed by atoms with Crippen LogP contribution in [0.3, 0.4) is 0 Å². The average molecular weight is 430 g/mol. The minimum Gasteiger partial charge on any atom is -0.481 e. The molecule has 160 valence electrons. The molecule has 1 amide bonds. The van der Waals surface area contributed by atoms with E-state index in [9.17, 15) is 29.6 Å². The van der Waals surface area contributed by atoms with Crippen LogP contribution < -0.4 is 4.90 Å². The van der Waals surface area contributed by atoms with Crippen LogP contribution in [-0.4, -0.2) is 27.7 Å². The first-order valence-electron chi connectivity index (χ1n) is 9.84. The first-order valence-corrected chi connectivity index (χ1v) is 9.84. The van der Waals surface area contributed by atoms with E-state index in [4.69, 9.17) is 0 Å². The highest BCUT2D eigenvalue weighted by Crippen LogP contribution is 2.46. The first kappa shape index (κ1) is 20.9. The standard InChI is InChI=1S/C24H18N2O6/c27-22(16-7-3-1-4-8-16)19-20(24(29)30)23(28)25(17-9-5-2-6-10-17)21(19)15-11-13-18(14-12-15)26(31)32/h1-14,19-21H,(H,29,30)/t19-,20-,21+/m0/s1. The molecule has 1 fully saturated rings. The zero-order valence-corrected chi connectivity index (χ0v) is 16.7. The summed E-state index contributed by atoms with van der Waals surface area (Å²) in [5.41, 5.74) is 1.02. The summed E-state index contributed by atoms with van der Waals surface area (Å²) in [6, 6.07) is 21.2. The van der Waals surface area contributed by atoms with Crippen LogP contribution in [0.25, 0.3) is 0 Å². The van der Waals surface area contributed by atoms with E-state index in [1.165, 1.54) is 29.2 Å². The molecule has 1 aliphatic rings. The summed E-state index contributed by atoms with van der Waals surface area (Å²) in [6.45, 7) is 0. The number of rotatable bonds is 6. The Bertz CT molecular complexity index is 1180. The van der Waals surface area contributed by atoms with Gasteiger partial charge in [-0.1, -0.05) is 60.7 Å². The third-order valence-electron chi connectivity index (χ3n) is 5.59. The van der Waals surface area contributed by atoms with Gasteiger partial charge in [0.1, 0.15) is 5.92 Å². The normalized spacial score (nSPS) is 20.2. The van der Waals surface area contributed by atoms with Crippen molar-refractivity contribution in [3.8, 4) is 0 Å². The third kappa shape index (κ3) is 3.62. The van der Waals surface area contributed by atoms with E-state index < -0.39 is 40.5 Å². The lowest BCUT2D eigenvalue weighted by atomic mass is 9.81. The van der Waals surface area contributed by atoms with Crippen molar-refractivity contribution in [3.63, 3.8) is 0 Å². The van der Waals surface area contributed by atoms with Crippen LogP contribution in [0.4, 0.5) is 11.4 Å². The molecule has 0 bridgehead atoms. The lowest BCUT2D eigenvalue weighted by Crippen LogP contribution is -2.32. The molecule has 1 aliphatic heterocycles. The van der Waals surface area contributed by atoms with E-state index in [1.807, 2.05) is 0 Å². The average Bonchev–Trinajstić information content (AvgIpc) is 3.12. The van der Waals surface area contributed by atoms with E-state index in [-0.39, 0.29) is 5.69 Å². The topological polar surface area (TPSA) is 118 Å². The fourth-order valence-corrected chi connectivity index (χ4v) is 4.16. The Morgan fingerprint density at radius 3 is 1.97 bits per heavy atom. The zero-order chi connectivity index (χ0) is 22.8. The number of nitro benzene ring substituents is 1. The van der Waals surface area contributed by atoms with Crippen molar-refractivity contribution in [3.05, 3.63) is 106 Å². The van der Waals surface area contributed by atoms with Crippen molar-refractivity contribution in [1.82, 2.24) is 0 Å². The number of nitrogens with zero attached hydrogens (tertiary/aromatic N) is 2. The molecule has 0 aliphatic carbocycles. The number of amides is 1. The van der Waals surface area contributed by atoms with Gasteiger partial charge in [0.25, 0.3) is 5.69 Å². The Morgan fingerprint density at radius 1 is 0.875 bits per heavy atom. The second kappa shape index (κ2) is 8.43. The highest BCUT2D eigenvalue weighted by Gasteiger charge is 2.56. The van der Waals surface area contributed by atoms with E-state index in [2.05, 4.69) is 0 Å². The number of carboxylic acids is 1. The molecule has 0 unspecified atom stereocenters. The van der Waals surface area contributed by atoms with Crippen LogP contribution in [0.2, 0.25) is 0 Å². The molecular formula is C24H18N2O6. The molecule has 1 heterocycles. The third-order valence-corrected chi connectivity index (χ3v) is 5.59. The number of nitro groups is 1. The number of hydrogen-bond acceptors (Lipinski definition) is 5. The minimum atomic E-state index is -1.59.